The predicted molar refractivity (Wildman–Crippen MR) is 166 cm³/mol. The number of carbonyl (C=O) groups excluding carboxylic acids is 2. The van der Waals surface area contributed by atoms with Crippen molar-refractivity contribution in [2.24, 2.45) is 0 Å². The molecule has 41 heavy (non-hydrogen) atoms. The van der Waals surface area contributed by atoms with Crippen molar-refractivity contribution in [1.29, 1.82) is 0 Å². The highest BCUT2D eigenvalue weighted by molar-refractivity contribution is 7.92. The first-order valence-corrected chi connectivity index (χ1v) is 15.7. The number of halogens is 3. The molecule has 0 spiro atoms. The molecule has 3 aromatic rings. The quantitative estimate of drug-likeness (QED) is 0.251. The monoisotopic (exact) mass is 637 g/mol. The molecule has 0 unspecified atom stereocenters. The summed E-state index contributed by atoms with van der Waals surface area (Å²) >= 11 is 19.0. The Bertz CT molecular complexity index is 1490. The zero-order valence-corrected chi connectivity index (χ0v) is 26.7. The van der Waals surface area contributed by atoms with Gasteiger partial charge in [-0.05, 0) is 82.1 Å². The number of sulfonamides is 1. The molecule has 0 saturated carbocycles. The number of nitrogens with one attached hydrogen (secondary N) is 1. The molecule has 0 radical (unpaired) electrons. The molecule has 0 aliphatic rings. The number of rotatable bonds is 11. The highest BCUT2D eigenvalue weighted by Crippen LogP contribution is 2.31. The third-order valence-electron chi connectivity index (χ3n) is 6.87. The zero-order valence-electron chi connectivity index (χ0n) is 23.6. The molecular weight excluding hydrogens is 605 g/mol. The maximum atomic E-state index is 14.1. The van der Waals surface area contributed by atoms with Crippen LogP contribution in [0.4, 0.5) is 5.69 Å². The number of anilines is 1. The van der Waals surface area contributed by atoms with E-state index >= 15 is 0 Å². The Morgan fingerprint density at radius 1 is 0.927 bits per heavy atom. The molecule has 0 aliphatic carbocycles. The summed E-state index contributed by atoms with van der Waals surface area (Å²) in [5, 5.41) is 3.97. The lowest BCUT2D eigenvalue weighted by molar-refractivity contribution is -0.139. The van der Waals surface area contributed by atoms with Gasteiger partial charge in [-0.25, -0.2) is 8.42 Å². The van der Waals surface area contributed by atoms with Crippen molar-refractivity contribution in [1.82, 2.24) is 10.2 Å². The summed E-state index contributed by atoms with van der Waals surface area (Å²) in [6.07, 6.45) is 0.696. The second-order valence-electron chi connectivity index (χ2n) is 9.97. The molecule has 0 aromatic heterocycles. The fourth-order valence-corrected chi connectivity index (χ4v) is 6.37. The van der Waals surface area contributed by atoms with Gasteiger partial charge in [0.25, 0.3) is 10.0 Å². The van der Waals surface area contributed by atoms with E-state index in [1.807, 2.05) is 20.8 Å². The lowest BCUT2D eigenvalue weighted by atomic mass is 10.1. The normalized spacial score (nSPS) is 12.9. The van der Waals surface area contributed by atoms with Crippen LogP contribution in [0.2, 0.25) is 15.1 Å². The Balaban J connectivity index is 2.10. The third-order valence-corrected chi connectivity index (χ3v) is 9.59. The van der Waals surface area contributed by atoms with Gasteiger partial charge in [0.2, 0.25) is 11.8 Å². The van der Waals surface area contributed by atoms with Crippen LogP contribution in [0.25, 0.3) is 0 Å². The van der Waals surface area contributed by atoms with E-state index in [9.17, 15) is 18.0 Å². The Labute approximate surface area is 257 Å². The Morgan fingerprint density at radius 2 is 1.54 bits per heavy atom. The molecule has 7 nitrogen and oxygen atoms in total. The molecule has 0 aliphatic heterocycles. The van der Waals surface area contributed by atoms with Crippen LogP contribution in [-0.4, -0.2) is 43.8 Å². The van der Waals surface area contributed by atoms with E-state index < -0.39 is 28.5 Å². The Morgan fingerprint density at radius 3 is 2.10 bits per heavy atom. The summed E-state index contributed by atoms with van der Waals surface area (Å²) < 4.78 is 29.0. The summed E-state index contributed by atoms with van der Waals surface area (Å²) in [5.41, 5.74) is 2.18. The molecule has 0 saturated heterocycles. The van der Waals surface area contributed by atoms with E-state index in [-0.39, 0.29) is 29.1 Å². The minimum atomic E-state index is -4.20. The zero-order chi connectivity index (χ0) is 30.5. The van der Waals surface area contributed by atoms with Gasteiger partial charge >= 0.3 is 0 Å². The SMILES string of the molecule is CC[C@H](C)NC(=O)[C@@H](C)N(Cc1c(Cl)cccc1Cl)C(=O)CN(c1ccc(Cl)cc1C)S(=O)(=O)c1ccc(C)cc1. The van der Waals surface area contributed by atoms with Gasteiger partial charge in [0, 0.05) is 33.2 Å². The van der Waals surface area contributed by atoms with Gasteiger partial charge in [0.05, 0.1) is 10.6 Å². The fraction of sp³-hybridized carbons (Fsp3) is 0.333. The number of hydrogen-bond donors (Lipinski definition) is 1. The smallest absolute Gasteiger partial charge is 0.264 e. The predicted octanol–water partition coefficient (Wildman–Crippen LogP) is 6.79. The van der Waals surface area contributed by atoms with Crippen LogP contribution in [0.1, 0.15) is 43.9 Å². The van der Waals surface area contributed by atoms with Crippen molar-refractivity contribution < 1.29 is 18.0 Å². The number of benzene rings is 3. The Hall–Kier alpha value is -2.78. The van der Waals surface area contributed by atoms with Crippen molar-refractivity contribution in [2.75, 3.05) is 10.8 Å². The highest BCUT2D eigenvalue weighted by Gasteiger charge is 2.34. The number of carbonyl (C=O) groups is 2. The summed E-state index contributed by atoms with van der Waals surface area (Å²) in [6, 6.07) is 15.0. The molecule has 3 rings (SSSR count). The third kappa shape index (κ3) is 7.95. The van der Waals surface area contributed by atoms with Gasteiger partial charge in [-0.3, -0.25) is 13.9 Å². The molecule has 2 atom stereocenters. The first kappa shape index (κ1) is 32.7. The molecule has 2 amide bonds. The largest absolute Gasteiger partial charge is 0.352 e. The highest BCUT2D eigenvalue weighted by atomic mass is 35.5. The fourth-order valence-electron chi connectivity index (χ4n) is 4.15. The van der Waals surface area contributed by atoms with E-state index in [0.717, 1.165) is 9.87 Å². The molecule has 0 fully saturated rings. The molecule has 3 aromatic carbocycles. The summed E-state index contributed by atoms with van der Waals surface area (Å²) in [7, 11) is -4.20. The average molecular weight is 639 g/mol. The first-order chi connectivity index (χ1) is 19.3. The topological polar surface area (TPSA) is 86.8 Å². The lowest BCUT2D eigenvalue weighted by Gasteiger charge is -2.33. The van der Waals surface area contributed by atoms with Crippen molar-refractivity contribution in [3.05, 3.63) is 92.4 Å². The van der Waals surface area contributed by atoms with E-state index in [2.05, 4.69) is 5.32 Å². The molecule has 1 N–H and O–H groups in total. The van der Waals surface area contributed by atoms with Crippen LogP contribution in [0, 0.1) is 13.8 Å². The number of hydrogen-bond acceptors (Lipinski definition) is 4. The van der Waals surface area contributed by atoms with Crippen LogP contribution >= 0.6 is 34.8 Å². The van der Waals surface area contributed by atoms with Crippen LogP contribution in [0.3, 0.4) is 0 Å². The number of aryl methyl sites for hydroxylation is 2. The van der Waals surface area contributed by atoms with E-state index in [1.165, 1.54) is 17.0 Å². The van der Waals surface area contributed by atoms with Gasteiger partial charge in [-0.1, -0.05) is 65.5 Å². The standard InChI is InChI=1S/C30H34Cl3N3O4S/c1-6-21(4)34-30(38)22(5)35(17-25-26(32)8-7-9-27(25)33)29(37)18-36(28-15-12-23(31)16-20(28)3)41(39,40)24-13-10-19(2)11-14-24/h7-16,21-22H,6,17-18H2,1-5H3,(H,34,38)/t21-,22+/m0/s1. The first-order valence-electron chi connectivity index (χ1n) is 13.1. The van der Waals surface area contributed by atoms with Gasteiger partial charge in [-0.2, -0.15) is 0 Å². The summed E-state index contributed by atoms with van der Waals surface area (Å²) in [6.45, 7) is 8.27. The maximum Gasteiger partial charge on any atom is 0.264 e. The average Bonchev–Trinajstić information content (AvgIpc) is 2.91. The molecule has 0 heterocycles. The van der Waals surface area contributed by atoms with Crippen LogP contribution in [-0.2, 0) is 26.2 Å². The van der Waals surface area contributed by atoms with E-state index in [0.29, 0.717) is 32.6 Å². The molecule has 220 valence electrons. The molecular formula is C30H34Cl3N3O4S. The van der Waals surface area contributed by atoms with Crippen LogP contribution < -0.4 is 9.62 Å². The van der Waals surface area contributed by atoms with Gasteiger partial charge in [0.15, 0.2) is 0 Å². The van der Waals surface area contributed by atoms with Gasteiger partial charge < -0.3 is 10.2 Å². The van der Waals surface area contributed by atoms with Crippen molar-refractivity contribution in [3.63, 3.8) is 0 Å². The van der Waals surface area contributed by atoms with Gasteiger partial charge in [0.1, 0.15) is 12.6 Å². The maximum absolute atomic E-state index is 14.1. The minimum Gasteiger partial charge on any atom is -0.352 e. The van der Waals surface area contributed by atoms with Crippen LogP contribution in [0.5, 0.6) is 0 Å². The van der Waals surface area contributed by atoms with Crippen molar-refractivity contribution in [2.45, 2.75) is 64.6 Å². The van der Waals surface area contributed by atoms with E-state index in [4.69, 9.17) is 34.8 Å². The van der Waals surface area contributed by atoms with Crippen LogP contribution in [0.15, 0.2) is 65.6 Å². The molecule has 0 bridgehead atoms. The van der Waals surface area contributed by atoms with Gasteiger partial charge in [-0.15, -0.1) is 0 Å². The Kier molecular flexibility index (Phi) is 11.1. The minimum absolute atomic E-state index is 0.0218. The molecule has 11 heteroatoms. The van der Waals surface area contributed by atoms with E-state index in [1.54, 1.807) is 62.4 Å². The van der Waals surface area contributed by atoms with Crippen molar-refractivity contribution >= 4 is 62.3 Å². The second-order valence-corrected chi connectivity index (χ2v) is 13.1. The number of amides is 2. The summed E-state index contributed by atoms with van der Waals surface area (Å²) in [4.78, 5) is 28.6. The lowest BCUT2D eigenvalue weighted by Crippen LogP contribution is -2.52. The van der Waals surface area contributed by atoms with Crippen molar-refractivity contribution in [3.8, 4) is 0 Å². The summed E-state index contributed by atoms with van der Waals surface area (Å²) in [5.74, 6) is -0.996. The second kappa shape index (κ2) is 13.9. The number of nitrogens with zero attached hydrogens (tertiary/aromatic N) is 2.